The fourth-order valence-corrected chi connectivity index (χ4v) is 3.53. The van der Waals surface area contributed by atoms with Crippen molar-refractivity contribution in [2.24, 2.45) is 0 Å². The van der Waals surface area contributed by atoms with Crippen LogP contribution >= 0.6 is 0 Å². The molecule has 27 heavy (non-hydrogen) atoms. The van der Waals surface area contributed by atoms with E-state index in [2.05, 4.69) is 64.4 Å². The van der Waals surface area contributed by atoms with Crippen molar-refractivity contribution in [1.82, 2.24) is 0 Å². The molecule has 0 atom stereocenters. The van der Waals surface area contributed by atoms with Crippen LogP contribution in [0.4, 0.5) is 0 Å². The second kappa shape index (κ2) is 11.4. The molecule has 0 radical (unpaired) electrons. The highest BCUT2D eigenvalue weighted by Crippen LogP contribution is 2.12. The summed E-state index contributed by atoms with van der Waals surface area (Å²) >= 11 is 0. The number of benzene rings is 1. The van der Waals surface area contributed by atoms with Crippen molar-refractivity contribution in [3.8, 4) is 0 Å². The number of hydrogen-bond donors (Lipinski definition) is 1. The highest BCUT2D eigenvalue weighted by molar-refractivity contribution is 7.85. The van der Waals surface area contributed by atoms with Gasteiger partial charge in [0.1, 0.15) is 0 Å². The van der Waals surface area contributed by atoms with Gasteiger partial charge in [-0.15, -0.1) is 0 Å². The molecule has 1 aromatic carbocycles. The van der Waals surface area contributed by atoms with Gasteiger partial charge < -0.3 is 4.48 Å². The molecule has 4 nitrogen and oxygen atoms in total. The molecular formula is C22H36NO3S+. The zero-order valence-corrected chi connectivity index (χ0v) is 18.1. The summed E-state index contributed by atoms with van der Waals surface area (Å²) in [6, 6.07) is 10.5. The lowest BCUT2D eigenvalue weighted by molar-refractivity contribution is -0.884. The van der Waals surface area contributed by atoms with Gasteiger partial charge in [0.15, 0.2) is 0 Å². The van der Waals surface area contributed by atoms with Crippen molar-refractivity contribution in [1.29, 1.82) is 0 Å². The third-order valence-electron chi connectivity index (χ3n) is 4.71. The van der Waals surface area contributed by atoms with Gasteiger partial charge in [-0.2, -0.15) is 8.42 Å². The summed E-state index contributed by atoms with van der Waals surface area (Å²) in [7, 11) is 0.478. The van der Waals surface area contributed by atoms with Crippen molar-refractivity contribution in [3.05, 3.63) is 59.2 Å². The largest absolute Gasteiger partial charge is 0.325 e. The van der Waals surface area contributed by atoms with Crippen LogP contribution < -0.4 is 0 Å². The van der Waals surface area contributed by atoms with Gasteiger partial charge in [-0.1, -0.05) is 47.6 Å². The van der Waals surface area contributed by atoms with Crippen molar-refractivity contribution >= 4 is 10.1 Å². The van der Waals surface area contributed by atoms with Gasteiger partial charge in [0.2, 0.25) is 0 Å². The van der Waals surface area contributed by atoms with Gasteiger partial charge in [-0.3, -0.25) is 4.55 Å². The molecule has 0 spiro atoms. The second-order valence-corrected chi connectivity index (χ2v) is 9.71. The molecule has 0 saturated carbocycles. The first-order valence-electron chi connectivity index (χ1n) is 9.70. The summed E-state index contributed by atoms with van der Waals surface area (Å²) < 4.78 is 31.1. The first-order chi connectivity index (χ1) is 12.6. The number of allylic oxidation sites excluding steroid dienone is 3. The van der Waals surface area contributed by atoms with Crippen LogP contribution in [0.3, 0.4) is 0 Å². The molecule has 0 aliphatic rings. The Morgan fingerprint density at radius 2 is 1.70 bits per heavy atom. The zero-order chi connectivity index (χ0) is 20.3. The van der Waals surface area contributed by atoms with E-state index in [-0.39, 0.29) is 5.75 Å². The molecule has 0 aliphatic carbocycles. The first-order valence-corrected chi connectivity index (χ1v) is 11.3. The lowest BCUT2D eigenvalue weighted by atomic mass is 10.0. The van der Waals surface area contributed by atoms with E-state index in [0.29, 0.717) is 6.42 Å². The Kier molecular flexibility index (Phi) is 9.99. The van der Waals surface area contributed by atoms with E-state index >= 15 is 0 Å². The maximum absolute atomic E-state index is 10.8. The molecule has 152 valence electrons. The molecule has 0 fully saturated rings. The highest BCUT2D eigenvalue weighted by Gasteiger charge is 2.14. The number of unbranched alkanes of at least 4 members (excludes halogenated alkanes) is 1. The van der Waals surface area contributed by atoms with E-state index in [1.807, 2.05) is 6.07 Å². The van der Waals surface area contributed by atoms with E-state index in [0.717, 1.165) is 43.3 Å². The predicted molar refractivity (Wildman–Crippen MR) is 114 cm³/mol. The van der Waals surface area contributed by atoms with Crippen molar-refractivity contribution in [2.75, 3.05) is 32.9 Å². The molecule has 0 aliphatic heterocycles. The van der Waals surface area contributed by atoms with E-state index < -0.39 is 10.1 Å². The minimum Gasteiger partial charge on any atom is -0.325 e. The zero-order valence-electron chi connectivity index (χ0n) is 17.3. The van der Waals surface area contributed by atoms with Gasteiger partial charge >= 0.3 is 0 Å². The highest BCUT2D eigenvalue weighted by atomic mass is 32.2. The van der Waals surface area contributed by atoms with Crippen LogP contribution in [0.15, 0.2) is 53.6 Å². The summed E-state index contributed by atoms with van der Waals surface area (Å²) in [5.74, 6) is -0.142. The van der Waals surface area contributed by atoms with Crippen molar-refractivity contribution in [3.63, 3.8) is 0 Å². The molecule has 0 heterocycles. The Labute approximate surface area is 165 Å². The van der Waals surface area contributed by atoms with Gasteiger partial charge in [-0.05, 0) is 57.6 Å². The molecule has 0 bridgehead atoms. The number of likely N-dealkylation sites (N-methyl/N-ethyl adjacent to an activating group) is 1. The van der Waals surface area contributed by atoms with Crippen molar-refractivity contribution in [2.45, 2.75) is 46.0 Å². The lowest BCUT2D eigenvalue weighted by Gasteiger charge is -2.28. The molecule has 5 heteroatoms. The molecular weight excluding hydrogens is 358 g/mol. The molecule has 1 aromatic rings. The van der Waals surface area contributed by atoms with E-state index in [4.69, 9.17) is 4.55 Å². The Bertz CT molecular complexity index is 719. The fraction of sp³-hybridized carbons (Fsp3) is 0.545. The average molecular weight is 395 g/mol. The van der Waals surface area contributed by atoms with Crippen LogP contribution in [0, 0.1) is 0 Å². The summed E-state index contributed by atoms with van der Waals surface area (Å²) in [6.45, 7) is 6.21. The summed E-state index contributed by atoms with van der Waals surface area (Å²) in [6.07, 6.45) is 9.06. The maximum atomic E-state index is 10.8. The molecule has 1 N–H and O–H groups in total. The summed E-state index contributed by atoms with van der Waals surface area (Å²) in [4.78, 5) is 0. The molecule has 0 saturated heterocycles. The van der Waals surface area contributed by atoms with Gasteiger partial charge in [0, 0.05) is 0 Å². The summed E-state index contributed by atoms with van der Waals surface area (Å²) in [5, 5.41) is 0. The third kappa shape index (κ3) is 12.6. The maximum Gasteiger partial charge on any atom is 0.264 e. The van der Waals surface area contributed by atoms with Gasteiger partial charge in [0.05, 0.1) is 32.9 Å². The first kappa shape index (κ1) is 23.6. The van der Waals surface area contributed by atoms with E-state index in [9.17, 15) is 8.42 Å². The minimum atomic E-state index is -3.83. The third-order valence-corrected chi connectivity index (χ3v) is 5.51. The minimum absolute atomic E-state index is 0.142. The summed E-state index contributed by atoms with van der Waals surface area (Å²) in [5.41, 5.74) is 4.15. The Hall–Kier alpha value is -1.43. The Morgan fingerprint density at radius 3 is 2.33 bits per heavy atom. The molecule has 1 rings (SSSR count). The predicted octanol–water partition coefficient (Wildman–Crippen LogP) is 4.65. The van der Waals surface area contributed by atoms with Crippen LogP contribution in [0.1, 0.15) is 45.1 Å². The molecule has 0 amide bonds. The SMILES string of the molecule is C/C(=C\C[N+](C)(C)CCCCS(=O)(=O)O)CC/C=C(\C)Cc1ccccc1. The lowest BCUT2D eigenvalue weighted by Crippen LogP contribution is -2.40. The number of hydrogen-bond acceptors (Lipinski definition) is 2. The van der Waals surface area contributed by atoms with Crippen LogP contribution in [0.5, 0.6) is 0 Å². The quantitative estimate of drug-likeness (QED) is 0.243. The van der Waals surface area contributed by atoms with E-state index in [1.54, 1.807) is 0 Å². The van der Waals surface area contributed by atoms with Crippen LogP contribution in [0.2, 0.25) is 0 Å². The monoisotopic (exact) mass is 394 g/mol. The normalized spacial score (nSPS) is 13.8. The van der Waals surface area contributed by atoms with Crippen LogP contribution in [-0.2, 0) is 16.5 Å². The smallest absolute Gasteiger partial charge is 0.264 e. The fourth-order valence-electron chi connectivity index (χ4n) is 2.96. The van der Waals surface area contributed by atoms with Gasteiger partial charge in [0.25, 0.3) is 10.1 Å². The number of quaternary nitrogens is 1. The van der Waals surface area contributed by atoms with Gasteiger partial charge in [-0.25, -0.2) is 0 Å². The standard InChI is InChI=1S/C22H35NO3S/c1-20(11-10-12-21(2)19-22-13-6-5-7-14-22)15-17-23(3,4)16-8-9-18-27(24,25)26/h5-7,12-15H,8-11,16-19H2,1-4H3/p+1/b20-15+,21-12+. The second-order valence-electron chi connectivity index (χ2n) is 8.14. The Balaban J connectivity index is 2.33. The van der Waals surface area contributed by atoms with Crippen molar-refractivity contribution < 1.29 is 17.5 Å². The van der Waals surface area contributed by atoms with E-state index in [1.165, 1.54) is 16.7 Å². The topological polar surface area (TPSA) is 54.4 Å². The van der Waals surface area contributed by atoms with Crippen LogP contribution in [0.25, 0.3) is 0 Å². The number of nitrogens with zero attached hydrogens (tertiary/aromatic N) is 1. The Morgan fingerprint density at radius 1 is 1.04 bits per heavy atom. The molecule has 0 aromatic heterocycles. The number of rotatable bonds is 12. The van der Waals surface area contributed by atoms with Crippen LogP contribution in [-0.4, -0.2) is 50.4 Å². The average Bonchev–Trinajstić information content (AvgIpc) is 2.57. The molecule has 0 unspecified atom stereocenters.